The topological polar surface area (TPSA) is 99.3 Å². The van der Waals surface area contributed by atoms with Crippen molar-refractivity contribution in [2.75, 3.05) is 19.6 Å². The van der Waals surface area contributed by atoms with E-state index in [1.165, 1.54) is 4.31 Å². The molecule has 7 nitrogen and oxygen atoms in total. The molecular formula is C9H13N3O4S2. The molecule has 0 saturated carbocycles. The molecule has 0 bridgehead atoms. The van der Waals surface area contributed by atoms with Crippen LogP contribution in [0.2, 0.25) is 0 Å². The molecule has 2 heterocycles. The monoisotopic (exact) mass is 291 g/mol. The van der Waals surface area contributed by atoms with Crippen LogP contribution in [-0.2, 0) is 14.8 Å². The number of sulfonamides is 1. The number of nitrogens with one attached hydrogen (secondary N) is 2. The number of hydrogen-bond acceptors (Lipinski definition) is 5. The first kappa shape index (κ1) is 13.2. The molecule has 2 N–H and O–H groups in total. The van der Waals surface area contributed by atoms with Gasteiger partial charge < -0.3 is 10.3 Å². The highest BCUT2D eigenvalue weighted by molar-refractivity contribution is 7.91. The molecule has 1 amide bonds. The van der Waals surface area contributed by atoms with Gasteiger partial charge in [-0.25, -0.2) is 8.42 Å². The van der Waals surface area contributed by atoms with Crippen LogP contribution in [0, 0.1) is 6.92 Å². The maximum atomic E-state index is 12.3. The summed E-state index contributed by atoms with van der Waals surface area (Å²) in [6, 6.07) is 0. The molecule has 2 rings (SSSR count). The van der Waals surface area contributed by atoms with E-state index in [1.807, 2.05) is 0 Å². The van der Waals surface area contributed by atoms with Gasteiger partial charge in [-0.2, -0.15) is 4.31 Å². The van der Waals surface area contributed by atoms with Gasteiger partial charge in [0.1, 0.15) is 0 Å². The molecule has 0 unspecified atom stereocenters. The average Bonchev–Trinajstić information content (AvgIpc) is 2.49. The minimum absolute atomic E-state index is 0.0295. The van der Waals surface area contributed by atoms with Gasteiger partial charge in [0.2, 0.25) is 5.91 Å². The summed E-state index contributed by atoms with van der Waals surface area (Å²) in [6.07, 6.45) is 0.137. The van der Waals surface area contributed by atoms with Crippen molar-refractivity contribution in [2.24, 2.45) is 0 Å². The van der Waals surface area contributed by atoms with Gasteiger partial charge in [0.05, 0.1) is 0 Å². The lowest BCUT2D eigenvalue weighted by Gasteiger charge is -2.18. The highest BCUT2D eigenvalue weighted by Crippen LogP contribution is 2.21. The second-order valence-electron chi connectivity index (χ2n) is 3.93. The van der Waals surface area contributed by atoms with Gasteiger partial charge in [0, 0.05) is 31.7 Å². The van der Waals surface area contributed by atoms with Crippen molar-refractivity contribution in [3.05, 3.63) is 15.4 Å². The van der Waals surface area contributed by atoms with Crippen LogP contribution in [0.15, 0.2) is 9.00 Å². The van der Waals surface area contributed by atoms with Crippen LogP contribution in [0.5, 0.6) is 0 Å². The Bertz CT molecular complexity index is 616. The predicted molar refractivity (Wildman–Crippen MR) is 66.1 cm³/mol. The van der Waals surface area contributed by atoms with E-state index in [0.29, 0.717) is 17.0 Å². The zero-order chi connectivity index (χ0) is 13.3. The Hall–Kier alpha value is -1.19. The molecule has 0 aromatic carbocycles. The fraction of sp³-hybridized carbons (Fsp3) is 0.556. The second-order valence-corrected chi connectivity index (χ2v) is 7.05. The lowest BCUT2D eigenvalue weighted by atomic mass is 10.4. The van der Waals surface area contributed by atoms with Crippen LogP contribution in [0.25, 0.3) is 0 Å². The highest BCUT2D eigenvalue weighted by Gasteiger charge is 2.30. The van der Waals surface area contributed by atoms with Crippen molar-refractivity contribution in [3.8, 4) is 0 Å². The maximum absolute atomic E-state index is 12.3. The summed E-state index contributed by atoms with van der Waals surface area (Å²) in [5.74, 6) is -0.160. The molecule has 0 spiro atoms. The predicted octanol–water partition coefficient (Wildman–Crippen LogP) is -0.745. The number of carbonyl (C=O) groups excluding carboxylic acids is 1. The summed E-state index contributed by atoms with van der Waals surface area (Å²) >= 11 is 0.676. The van der Waals surface area contributed by atoms with E-state index in [0.717, 1.165) is 0 Å². The van der Waals surface area contributed by atoms with Crippen molar-refractivity contribution in [1.82, 2.24) is 14.6 Å². The minimum Gasteiger partial charge on any atom is -0.355 e. The van der Waals surface area contributed by atoms with Gasteiger partial charge in [-0.15, -0.1) is 0 Å². The van der Waals surface area contributed by atoms with Crippen molar-refractivity contribution >= 4 is 27.3 Å². The number of nitrogens with zero attached hydrogens (tertiary/aromatic N) is 1. The summed E-state index contributed by atoms with van der Waals surface area (Å²) in [5.41, 5.74) is 0.341. The van der Waals surface area contributed by atoms with E-state index in [2.05, 4.69) is 10.3 Å². The zero-order valence-corrected chi connectivity index (χ0v) is 11.4. The molecule has 1 aliphatic heterocycles. The lowest BCUT2D eigenvalue weighted by Crippen LogP contribution is -2.34. The van der Waals surface area contributed by atoms with Crippen LogP contribution in [0.1, 0.15) is 12.1 Å². The molecule has 0 radical (unpaired) electrons. The first-order valence-electron chi connectivity index (χ1n) is 5.38. The number of aryl methyl sites for hydroxylation is 1. The van der Waals surface area contributed by atoms with E-state index in [4.69, 9.17) is 0 Å². The van der Waals surface area contributed by atoms with Crippen molar-refractivity contribution in [2.45, 2.75) is 17.6 Å². The van der Waals surface area contributed by atoms with E-state index in [-0.39, 0.29) is 36.2 Å². The number of aromatic nitrogens is 1. The number of aromatic amines is 1. The number of carbonyl (C=O) groups is 1. The van der Waals surface area contributed by atoms with Crippen LogP contribution in [0.3, 0.4) is 0 Å². The average molecular weight is 291 g/mol. The molecule has 100 valence electrons. The fourth-order valence-electron chi connectivity index (χ4n) is 1.74. The van der Waals surface area contributed by atoms with Gasteiger partial charge in [0.15, 0.2) is 4.21 Å². The quantitative estimate of drug-likeness (QED) is 0.749. The van der Waals surface area contributed by atoms with Crippen LogP contribution in [0.4, 0.5) is 0 Å². The molecule has 0 atom stereocenters. The Labute approximate surface area is 108 Å². The third kappa shape index (κ3) is 2.47. The smallest absolute Gasteiger partial charge is 0.305 e. The van der Waals surface area contributed by atoms with Crippen LogP contribution >= 0.6 is 11.3 Å². The Morgan fingerprint density at radius 1 is 1.28 bits per heavy atom. The molecule has 0 aliphatic carbocycles. The second kappa shape index (κ2) is 4.82. The normalized spacial score (nSPS) is 18.4. The van der Waals surface area contributed by atoms with Crippen molar-refractivity contribution < 1.29 is 13.2 Å². The van der Waals surface area contributed by atoms with Gasteiger partial charge in [0.25, 0.3) is 10.0 Å². The third-order valence-corrected chi connectivity index (χ3v) is 6.11. The summed E-state index contributed by atoms with van der Waals surface area (Å²) < 4.78 is 25.9. The summed E-state index contributed by atoms with van der Waals surface area (Å²) in [7, 11) is -3.69. The van der Waals surface area contributed by atoms with Crippen molar-refractivity contribution in [3.63, 3.8) is 0 Å². The Kier molecular flexibility index (Phi) is 3.55. The summed E-state index contributed by atoms with van der Waals surface area (Å²) in [5, 5.41) is 2.61. The van der Waals surface area contributed by atoms with E-state index < -0.39 is 14.9 Å². The lowest BCUT2D eigenvalue weighted by molar-refractivity contribution is -0.120. The minimum atomic E-state index is -3.69. The SMILES string of the molecule is Cc1[nH]c(=O)sc1S(=O)(=O)N1CCNC(=O)CC1. The zero-order valence-electron chi connectivity index (χ0n) is 9.73. The highest BCUT2D eigenvalue weighted by atomic mass is 32.2. The van der Waals surface area contributed by atoms with Crippen LogP contribution in [-0.4, -0.2) is 43.2 Å². The molecule has 9 heteroatoms. The van der Waals surface area contributed by atoms with Gasteiger partial charge in [-0.05, 0) is 6.92 Å². The summed E-state index contributed by atoms with van der Waals surface area (Å²) in [4.78, 5) is 24.4. The standard InChI is InChI=1S/C9H13N3O4S2/c1-6-8(17-9(14)11-6)18(15,16)12-4-2-7(13)10-3-5-12/h2-5H2,1H3,(H,10,13)(H,11,14). The van der Waals surface area contributed by atoms with Crippen LogP contribution < -0.4 is 10.2 Å². The third-order valence-electron chi connectivity index (χ3n) is 2.63. The van der Waals surface area contributed by atoms with Gasteiger partial charge in [-0.1, -0.05) is 11.3 Å². The fourth-order valence-corrected chi connectivity index (χ4v) is 4.62. The van der Waals surface area contributed by atoms with Gasteiger partial charge in [-0.3, -0.25) is 9.59 Å². The van der Waals surface area contributed by atoms with E-state index in [9.17, 15) is 18.0 Å². The number of amides is 1. The number of hydrogen-bond donors (Lipinski definition) is 2. The largest absolute Gasteiger partial charge is 0.355 e. The number of rotatable bonds is 2. The maximum Gasteiger partial charge on any atom is 0.305 e. The number of H-pyrrole nitrogens is 1. The van der Waals surface area contributed by atoms with E-state index in [1.54, 1.807) is 6.92 Å². The Balaban J connectivity index is 2.33. The molecule has 1 fully saturated rings. The Morgan fingerprint density at radius 2 is 2.00 bits per heavy atom. The van der Waals surface area contributed by atoms with Crippen molar-refractivity contribution in [1.29, 1.82) is 0 Å². The summed E-state index contributed by atoms with van der Waals surface area (Å²) in [6.45, 7) is 2.20. The molecule has 1 saturated heterocycles. The molecular weight excluding hydrogens is 278 g/mol. The van der Waals surface area contributed by atoms with Gasteiger partial charge >= 0.3 is 4.87 Å². The van der Waals surface area contributed by atoms with E-state index >= 15 is 0 Å². The Morgan fingerprint density at radius 3 is 2.61 bits per heavy atom. The number of thiazole rings is 1. The first-order valence-corrected chi connectivity index (χ1v) is 7.63. The first-order chi connectivity index (χ1) is 8.41. The molecule has 1 aromatic heterocycles. The molecule has 1 aromatic rings. The molecule has 1 aliphatic rings. The molecule has 18 heavy (non-hydrogen) atoms.